The van der Waals surface area contributed by atoms with Crippen LogP contribution in [0.4, 0.5) is 0 Å². The molecule has 0 saturated heterocycles. The number of hydrogen-bond acceptors (Lipinski definition) is 4. The van der Waals surface area contributed by atoms with Gasteiger partial charge in [-0.15, -0.1) is 0 Å². The van der Waals surface area contributed by atoms with Crippen LogP contribution in [-0.4, -0.2) is 36.4 Å². The van der Waals surface area contributed by atoms with E-state index in [-0.39, 0.29) is 11.9 Å². The van der Waals surface area contributed by atoms with Crippen LogP contribution >= 0.6 is 0 Å². The number of methoxy groups -OCH3 is 2. The monoisotopic (exact) mass is 246 g/mol. The Kier molecular flexibility index (Phi) is 5.19. The molecule has 0 amide bonds. The molecule has 5 heteroatoms. The second-order valence-corrected chi connectivity index (χ2v) is 6.40. The van der Waals surface area contributed by atoms with Crippen LogP contribution in [0.25, 0.3) is 0 Å². The molecule has 0 radical (unpaired) electrons. The second-order valence-electron chi connectivity index (χ2n) is 4.40. The first-order valence-electron chi connectivity index (χ1n) is 5.50. The van der Waals surface area contributed by atoms with Crippen molar-refractivity contribution in [3.63, 3.8) is 0 Å². The number of esters is 2. The summed E-state index contributed by atoms with van der Waals surface area (Å²) in [5, 5.41) is -0.752. The van der Waals surface area contributed by atoms with E-state index < -0.39 is 10.5 Å². The largest absolute Gasteiger partial charge is 0.469 e. The van der Waals surface area contributed by atoms with E-state index in [0.29, 0.717) is 23.1 Å². The van der Waals surface area contributed by atoms with Crippen LogP contribution in [0.15, 0.2) is 0 Å². The van der Waals surface area contributed by atoms with E-state index in [2.05, 4.69) is 0 Å². The minimum atomic E-state index is -0.763. The molecule has 0 aromatic rings. The molecule has 1 unspecified atom stereocenters. The van der Waals surface area contributed by atoms with E-state index in [1.807, 2.05) is 13.8 Å². The summed E-state index contributed by atoms with van der Waals surface area (Å²) in [7, 11) is 3.26. The van der Waals surface area contributed by atoms with Crippen LogP contribution in [0.2, 0.25) is 5.04 Å². The quantitative estimate of drug-likeness (QED) is 0.529. The molecule has 1 atom stereocenters. The van der Waals surface area contributed by atoms with Crippen molar-refractivity contribution in [2.45, 2.75) is 38.7 Å². The molecule has 0 fully saturated rings. The molecule has 4 nitrogen and oxygen atoms in total. The smallest absolute Gasteiger partial charge is 0.312 e. The summed E-state index contributed by atoms with van der Waals surface area (Å²) in [4.78, 5) is 23.8. The molecule has 0 aliphatic rings. The summed E-state index contributed by atoms with van der Waals surface area (Å²) in [5.41, 5.74) is -0.763. The van der Waals surface area contributed by atoms with Gasteiger partial charge in [-0.1, -0.05) is 20.8 Å². The van der Waals surface area contributed by atoms with Gasteiger partial charge in [0, 0.05) is 10.2 Å². The van der Waals surface area contributed by atoms with E-state index in [1.54, 1.807) is 6.92 Å². The first kappa shape index (κ1) is 15.2. The zero-order valence-electron chi connectivity index (χ0n) is 11.0. The number of carbonyl (C=O) groups excluding carboxylic acids is 2. The van der Waals surface area contributed by atoms with Crippen molar-refractivity contribution >= 4 is 22.2 Å². The lowest BCUT2D eigenvalue weighted by Gasteiger charge is -2.41. The van der Waals surface area contributed by atoms with Gasteiger partial charge in [0.15, 0.2) is 0 Å². The Balaban J connectivity index is 5.50. The fourth-order valence-corrected chi connectivity index (χ4v) is 3.44. The zero-order valence-corrected chi connectivity index (χ0v) is 13.0. The van der Waals surface area contributed by atoms with Gasteiger partial charge in [-0.25, -0.2) is 0 Å². The Bertz CT molecular complexity index is 269. The summed E-state index contributed by atoms with van der Waals surface area (Å²) in [6.45, 7) is 5.59. The molecule has 94 valence electrons. The predicted octanol–water partition coefficient (Wildman–Crippen LogP) is 0.683. The van der Waals surface area contributed by atoms with E-state index >= 15 is 0 Å². The topological polar surface area (TPSA) is 52.6 Å². The normalized spacial score (nSPS) is 15.3. The molecule has 16 heavy (non-hydrogen) atoms. The van der Waals surface area contributed by atoms with E-state index in [1.165, 1.54) is 14.2 Å². The highest BCUT2D eigenvalue weighted by atomic mass is 28.1. The van der Waals surface area contributed by atoms with Gasteiger partial charge in [0.25, 0.3) is 0 Å². The van der Waals surface area contributed by atoms with Gasteiger partial charge < -0.3 is 9.47 Å². The third kappa shape index (κ3) is 2.14. The van der Waals surface area contributed by atoms with Crippen molar-refractivity contribution in [3.05, 3.63) is 0 Å². The van der Waals surface area contributed by atoms with E-state index in [0.717, 1.165) is 0 Å². The van der Waals surface area contributed by atoms with Crippen LogP contribution in [-0.2, 0) is 19.1 Å². The predicted molar refractivity (Wildman–Crippen MR) is 65.4 cm³/mol. The second kappa shape index (κ2) is 5.47. The lowest BCUT2D eigenvalue weighted by molar-refractivity contribution is -0.164. The molecule has 0 rings (SSSR count). The number of carbonyl (C=O) groups is 2. The highest BCUT2D eigenvalue weighted by molar-refractivity contribution is 6.29. The standard InChI is InChI=1S/C11H22O4Si/c1-6-11(7-2,9(13)15-5)10(3,16)8(12)14-4/h6-7H2,1-5,16H3. The Morgan fingerprint density at radius 2 is 1.44 bits per heavy atom. The summed E-state index contributed by atoms with van der Waals surface area (Å²) in [6, 6.07) is 0. The van der Waals surface area contributed by atoms with Gasteiger partial charge in [-0.05, 0) is 12.8 Å². The van der Waals surface area contributed by atoms with E-state index in [9.17, 15) is 9.59 Å². The van der Waals surface area contributed by atoms with Crippen LogP contribution in [0.3, 0.4) is 0 Å². The van der Waals surface area contributed by atoms with Gasteiger partial charge in [-0.2, -0.15) is 0 Å². The van der Waals surface area contributed by atoms with Gasteiger partial charge >= 0.3 is 11.9 Å². The Morgan fingerprint density at radius 1 is 1.06 bits per heavy atom. The molecular weight excluding hydrogens is 224 g/mol. The zero-order chi connectivity index (χ0) is 13.0. The van der Waals surface area contributed by atoms with Crippen molar-refractivity contribution < 1.29 is 19.1 Å². The van der Waals surface area contributed by atoms with Crippen LogP contribution < -0.4 is 0 Å². The molecule has 0 spiro atoms. The average Bonchev–Trinajstić information content (AvgIpc) is 2.29. The van der Waals surface area contributed by atoms with Crippen molar-refractivity contribution in [1.29, 1.82) is 0 Å². The van der Waals surface area contributed by atoms with Crippen molar-refractivity contribution in [1.82, 2.24) is 0 Å². The first-order chi connectivity index (χ1) is 7.33. The van der Waals surface area contributed by atoms with Crippen molar-refractivity contribution in [2.75, 3.05) is 14.2 Å². The van der Waals surface area contributed by atoms with Crippen LogP contribution in [0.5, 0.6) is 0 Å². The summed E-state index contributed by atoms with van der Waals surface area (Å²) < 4.78 is 9.66. The van der Waals surface area contributed by atoms with E-state index in [4.69, 9.17) is 9.47 Å². The van der Waals surface area contributed by atoms with Crippen LogP contribution in [0, 0.1) is 5.41 Å². The third-order valence-electron chi connectivity index (χ3n) is 3.68. The number of hydrogen-bond donors (Lipinski definition) is 0. The Labute approximate surface area is 100 Å². The Morgan fingerprint density at radius 3 is 1.69 bits per heavy atom. The molecule has 0 heterocycles. The minimum Gasteiger partial charge on any atom is -0.469 e. The molecule has 0 aliphatic heterocycles. The van der Waals surface area contributed by atoms with Crippen molar-refractivity contribution in [3.8, 4) is 0 Å². The highest BCUT2D eigenvalue weighted by Gasteiger charge is 2.54. The molecule has 0 N–H and O–H groups in total. The van der Waals surface area contributed by atoms with Gasteiger partial charge in [0.1, 0.15) is 0 Å². The summed E-state index contributed by atoms with van der Waals surface area (Å²) in [6.07, 6.45) is 1.15. The molecule has 0 aromatic heterocycles. The maximum atomic E-state index is 12.0. The molecule has 0 aliphatic carbocycles. The highest BCUT2D eigenvalue weighted by Crippen LogP contribution is 2.50. The third-order valence-corrected chi connectivity index (χ3v) is 5.04. The number of ether oxygens (including phenoxy) is 2. The molecule has 0 bridgehead atoms. The lowest BCUT2D eigenvalue weighted by Crippen LogP contribution is -2.46. The first-order valence-corrected chi connectivity index (χ1v) is 6.50. The van der Waals surface area contributed by atoms with Gasteiger partial charge in [0.05, 0.1) is 24.7 Å². The SMILES string of the molecule is CCC(CC)(C(=O)OC)C(C)([SiH3])C(=O)OC. The van der Waals surface area contributed by atoms with Gasteiger partial charge in [0.2, 0.25) is 0 Å². The minimum absolute atomic E-state index is 0.319. The fraction of sp³-hybridized carbons (Fsp3) is 0.818. The summed E-state index contributed by atoms with van der Waals surface area (Å²) in [5.74, 6) is -0.645. The average molecular weight is 246 g/mol. The molecule has 0 aromatic carbocycles. The molecule has 0 saturated carbocycles. The summed E-state index contributed by atoms with van der Waals surface area (Å²) >= 11 is 0. The molecular formula is C11H22O4Si. The number of rotatable bonds is 5. The fourth-order valence-electron chi connectivity index (χ4n) is 2.32. The maximum absolute atomic E-state index is 12.0. The Hall–Kier alpha value is -0.843. The lowest BCUT2D eigenvalue weighted by atomic mass is 9.71. The van der Waals surface area contributed by atoms with Crippen LogP contribution in [0.1, 0.15) is 33.6 Å². The van der Waals surface area contributed by atoms with Gasteiger partial charge in [-0.3, -0.25) is 9.59 Å². The van der Waals surface area contributed by atoms with Crippen molar-refractivity contribution in [2.24, 2.45) is 5.41 Å². The maximum Gasteiger partial charge on any atom is 0.312 e.